The molecular weight excluding hydrogens is 184 g/mol. The Morgan fingerprint density at radius 1 is 1.73 bits per heavy atom. The molecule has 0 bridgehead atoms. The highest BCUT2D eigenvalue weighted by Crippen LogP contribution is 2.14. The van der Waals surface area contributed by atoms with Gasteiger partial charge in [-0.2, -0.15) is 0 Å². The van der Waals surface area contributed by atoms with Crippen LogP contribution in [-0.4, -0.2) is 37.4 Å². The van der Waals surface area contributed by atoms with E-state index in [4.69, 9.17) is 5.73 Å². The van der Waals surface area contributed by atoms with Crippen molar-refractivity contribution in [2.24, 2.45) is 10.7 Å². The van der Waals surface area contributed by atoms with Crippen LogP contribution in [0.5, 0.6) is 0 Å². The minimum Gasteiger partial charge on any atom is -0.379 e. The first-order valence-corrected chi connectivity index (χ1v) is 6.06. The Balaban J connectivity index is 2.69. The molecule has 0 spiro atoms. The Bertz CT molecular complexity index is 270. The van der Waals surface area contributed by atoms with Gasteiger partial charge in [-0.3, -0.25) is 4.99 Å². The van der Waals surface area contributed by atoms with Gasteiger partial charge in [0.25, 0.3) is 0 Å². The number of aliphatic imine (C=N–C) groups is 1. The first-order chi connectivity index (χ1) is 5.00. The van der Waals surface area contributed by atoms with Gasteiger partial charge in [-0.1, -0.05) is 11.8 Å². The molecule has 0 saturated heterocycles. The standard InChI is InChI=1S/C5H10N2O2S2/c1-11(8,9)4-2-7-5(6)10-3-4/h4H,2-3H2,1H3,(H2,6,7). The van der Waals surface area contributed by atoms with Crippen LogP contribution in [-0.2, 0) is 9.84 Å². The van der Waals surface area contributed by atoms with Gasteiger partial charge in [0.2, 0.25) is 0 Å². The van der Waals surface area contributed by atoms with Crippen LogP contribution in [0.25, 0.3) is 0 Å². The van der Waals surface area contributed by atoms with Gasteiger partial charge < -0.3 is 5.73 Å². The van der Waals surface area contributed by atoms with Gasteiger partial charge in [0, 0.05) is 12.0 Å². The molecule has 0 aromatic heterocycles. The van der Waals surface area contributed by atoms with Crippen LogP contribution in [0.1, 0.15) is 0 Å². The fourth-order valence-electron chi connectivity index (χ4n) is 0.727. The Labute approximate surface area is 70.2 Å². The molecule has 0 amide bonds. The predicted octanol–water partition coefficient (Wildman–Crippen LogP) is -0.539. The lowest BCUT2D eigenvalue weighted by molar-refractivity contribution is 0.591. The topological polar surface area (TPSA) is 72.5 Å². The zero-order valence-corrected chi connectivity index (χ0v) is 7.78. The lowest BCUT2D eigenvalue weighted by atomic mass is 10.5. The summed E-state index contributed by atoms with van der Waals surface area (Å²) in [5.41, 5.74) is 5.36. The van der Waals surface area contributed by atoms with Crippen molar-refractivity contribution in [3.63, 3.8) is 0 Å². The minimum atomic E-state index is -2.93. The van der Waals surface area contributed by atoms with Crippen LogP contribution < -0.4 is 5.73 Å². The van der Waals surface area contributed by atoms with E-state index in [-0.39, 0.29) is 5.25 Å². The molecule has 64 valence electrons. The quantitative estimate of drug-likeness (QED) is 0.608. The van der Waals surface area contributed by atoms with Gasteiger partial charge in [-0.05, 0) is 0 Å². The Hall–Kier alpha value is -0.230. The fourth-order valence-corrected chi connectivity index (χ4v) is 2.89. The summed E-state index contributed by atoms with van der Waals surface area (Å²) in [6.45, 7) is 0.317. The van der Waals surface area contributed by atoms with E-state index < -0.39 is 9.84 Å². The third kappa shape index (κ3) is 2.37. The van der Waals surface area contributed by atoms with E-state index in [0.717, 1.165) is 0 Å². The van der Waals surface area contributed by atoms with E-state index in [9.17, 15) is 8.42 Å². The summed E-state index contributed by atoms with van der Waals surface area (Å²) in [6, 6.07) is 0. The molecule has 0 aromatic rings. The normalized spacial score (nSPS) is 26.3. The van der Waals surface area contributed by atoms with Gasteiger partial charge in [0.15, 0.2) is 15.0 Å². The number of hydrogen-bond donors (Lipinski definition) is 1. The Morgan fingerprint density at radius 3 is 2.73 bits per heavy atom. The monoisotopic (exact) mass is 194 g/mol. The summed E-state index contributed by atoms with van der Waals surface area (Å²) in [6.07, 6.45) is 1.23. The van der Waals surface area contributed by atoms with Crippen molar-refractivity contribution in [1.29, 1.82) is 0 Å². The zero-order chi connectivity index (χ0) is 8.48. The van der Waals surface area contributed by atoms with Crippen LogP contribution in [0, 0.1) is 0 Å². The maximum atomic E-state index is 11.0. The zero-order valence-electron chi connectivity index (χ0n) is 6.15. The molecule has 11 heavy (non-hydrogen) atoms. The minimum absolute atomic E-state index is 0.317. The van der Waals surface area contributed by atoms with Gasteiger partial charge in [0.05, 0.1) is 11.8 Å². The molecule has 1 heterocycles. The smallest absolute Gasteiger partial charge is 0.153 e. The van der Waals surface area contributed by atoms with Crippen molar-refractivity contribution in [2.45, 2.75) is 5.25 Å². The van der Waals surface area contributed by atoms with Crippen LogP contribution in [0.3, 0.4) is 0 Å². The number of nitrogens with two attached hydrogens (primary N) is 1. The van der Waals surface area contributed by atoms with Gasteiger partial charge in [0.1, 0.15) is 0 Å². The molecule has 2 N–H and O–H groups in total. The van der Waals surface area contributed by atoms with E-state index >= 15 is 0 Å². The van der Waals surface area contributed by atoms with Crippen LogP contribution in [0.4, 0.5) is 0 Å². The lowest BCUT2D eigenvalue weighted by Gasteiger charge is -2.16. The Kier molecular flexibility index (Phi) is 2.43. The molecule has 6 heteroatoms. The molecule has 1 rings (SSSR count). The summed E-state index contributed by atoms with van der Waals surface area (Å²) >= 11 is 1.30. The highest BCUT2D eigenvalue weighted by atomic mass is 32.2. The number of nitrogens with zero attached hydrogens (tertiary/aromatic N) is 1. The van der Waals surface area contributed by atoms with Crippen molar-refractivity contribution >= 4 is 26.8 Å². The van der Waals surface area contributed by atoms with Crippen LogP contribution in [0.2, 0.25) is 0 Å². The van der Waals surface area contributed by atoms with Gasteiger partial charge >= 0.3 is 0 Å². The maximum Gasteiger partial charge on any atom is 0.153 e. The SMILES string of the molecule is CS(=O)(=O)C1CN=C(N)SC1. The second kappa shape index (κ2) is 3.02. The number of rotatable bonds is 1. The Morgan fingerprint density at radius 2 is 2.36 bits per heavy atom. The molecule has 4 nitrogen and oxygen atoms in total. The second-order valence-electron chi connectivity index (χ2n) is 2.44. The maximum absolute atomic E-state index is 11.0. The van der Waals surface area contributed by atoms with Gasteiger partial charge in [-0.15, -0.1) is 0 Å². The van der Waals surface area contributed by atoms with Crippen molar-refractivity contribution in [3.05, 3.63) is 0 Å². The molecule has 0 saturated carbocycles. The average molecular weight is 194 g/mol. The highest BCUT2D eigenvalue weighted by molar-refractivity contribution is 8.14. The summed E-state index contributed by atoms with van der Waals surface area (Å²) < 4.78 is 21.9. The van der Waals surface area contributed by atoms with E-state index in [1.165, 1.54) is 18.0 Å². The summed E-state index contributed by atoms with van der Waals surface area (Å²) in [5, 5.41) is 0.143. The predicted molar refractivity (Wildman–Crippen MR) is 47.6 cm³/mol. The van der Waals surface area contributed by atoms with Crippen molar-refractivity contribution < 1.29 is 8.42 Å². The third-order valence-corrected chi connectivity index (χ3v) is 4.21. The first kappa shape index (κ1) is 8.86. The van der Waals surface area contributed by atoms with Gasteiger partial charge in [-0.25, -0.2) is 8.42 Å². The van der Waals surface area contributed by atoms with Crippen molar-refractivity contribution in [1.82, 2.24) is 0 Å². The summed E-state index contributed by atoms with van der Waals surface area (Å²) in [7, 11) is -2.93. The van der Waals surface area contributed by atoms with Crippen molar-refractivity contribution in [2.75, 3.05) is 18.6 Å². The summed E-state index contributed by atoms with van der Waals surface area (Å²) in [4.78, 5) is 3.86. The molecule has 0 aromatic carbocycles. The third-order valence-electron chi connectivity index (χ3n) is 1.47. The van der Waals surface area contributed by atoms with E-state index in [1.807, 2.05) is 0 Å². The highest BCUT2D eigenvalue weighted by Gasteiger charge is 2.23. The second-order valence-corrected chi connectivity index (χ2v) is 5.81. The van der Waals surface area contributed by atoms with Crippen molar-refractivity contribution in [3.8, 4) is 0 Å². The summed E-state index contributed by atoms with van der Waals surface area (Å²) in [5.74, 6) is 0.536. The number of hydrogen-bond acceptors (Lipinski definition) is 5. The molecular formula is C5H10N2O2S2. The number of sulfone groups is 1. The molecule has 1 aliphatic heterocycles. The molecule has 0 aliphatic carbocycles. The molecule has 1 atom stereocenters. The van der Waals surface area contributed by atoms with E-state index in [1.54, 1.807) is 0 Å². The number of thioether (sulfide) groups is 1. The van der Waals surface area contributed by atoms with E-state index in [0.29, 0.717) is 17.5 Å². The number of amidine groups is 1. The first-order valence-electron chi connectivity index (χ1n) is 3.12. The lowest BCUT2D eigenvalue weighted by Crippen LogP contribution is -2.31. The molecule has 0 radical (unpaired) electrons. The largest absolute Gasteiger partial charge is 0.379 e. The van der Waals surface area contributed by atoms with Crippen LogP contribution >= 0.6 is 11.8 Å². The average Bonchev–Trinajstić information content (AvgIpc) is 1.86. The fraction of sp³-hybridized carbons (Fsp3) is 0.800. The molecule has 1 unspecified atom stereocenters. The van der Waals surface area contributed by atoms with E-state index in [2.05, 4.69) is 4.99 Å². The molecule has 1 aliphatic rings. The van der Waals surface area contributed by atoms with Crippen LogP contribution in [0.15, 0.2) is 4.99 Å². The molecule has 0 fully saturated rings.